The maximum atomic E-state index is 12.7. The quantitative estimate of drug-likeness (QED) is 0.691. The van der Waals surface area contributed by atoms with Gasteiger partial charge in [-0.05, 0) is 56.9 Å². The van der Waals surface area contributed by atoms with Crippen LogP contribution < -0.4 is 0 Å². The summed E-state index contributed by atoms with van der Waals surface area (Å²) in [6.45, 7) is 4.23. The highest BCUT2D eigenvalue weighted by atomic mass is 35.5. The standard InChI is InChI=1S/C18H25ClN2O3S2/c1-14(25-16-6-4-15(19)5-7-16)18(22)20-12-8-17(9-13-20)26(23,24)21-10-2-3-11-21/h4-7,14,17H,2-3,8-13H2,1H3. The molecule has 5 nitrogen and oxygen atoms in total. The number of amides is 1. The number of thioether (sulfide) groups is 1. The Morgan fingerprint density at radius 1 is 1.12 bits per heavy atom. The lowest BCUT2D eigenvalue weighted by atomic mass is 10.1. The SMILES string of the molecule is CC(Sc1ccc(Cl)cc1)C(=O)N1CCC(S(=O)(=O)N2CCCC2)CC1. The molecule has 2 heterocycles. The van der Waals surface area contributed by atoms with Crippen LogP contribution in [0.25, 0.3) is 0 Å². The van der Waals surface area contributed by atoms with Gasteiger partial charge in [-0.15, -0.1) is 11.8 Å². The third-order valence-electron chi connectivity index (χ3n) is 5.07. The number of sulfonamides is 1. The van der Waals surface area contributed by atoms with Gasteiger partial charge in [0, 0.05) is 36.1 Å². The number of nitrogens with zero attached hydrogens (tertiary/aromatic N) is 2. The van der Waals surface area contributed by atoms with Crippen molar-refractivity contribution in [1.82, 2.24) is 9.21 Å². The zero-order chi connectivity index (χ0) is 18.7. The number of carbonyl (C=O) groups is 1. The van der Waals surface area contributed by atoms with E-state index in [-0.39, 0.29) is 16.4 Å². The Balaban J connectivity index is 1.53. The van der Waals surface area contributed by atoms with Gasteiger partial charge in [0.05, 0.1) is 10.5 Å². The topological polar surface area (TPSA) is 57.7 Å². The molecule has 2 saturated heterocycles. The van der Waals surface area contributed by atoms with Crippen molar-refractivity contribution in [2.24, 2.45) is 0 Å². The predicted molar refractivity (Wildman–Crippen MR) is 106 cm³/mol. The maximum absolute atomic E-state index is 12.7. The van der Waals surface area contributed by atoms with Crippen LogP contribution in [0.3, 0.4) is 0 Å². The summed E-state index contributed by atoms with van der Waals surface area (Å²) in [5, 5.41) is 0.126. The molecule has 2 fully saturated rings. The van der Waals surface area contributed by atoms with Gasteiger partial charge in [0.1, 0.15) is 0 Å². The minimum Gasteiger partial charge on any atom is -0.342 e. The molecule has 0 aliphatic carbocycles. The number of hydrogen-bond acceptors (Lipinski definition) is 4. The molecule has 2 aliphatic rings. The van der Waals surface area contributed by atoms with Crippen molar-refractivity contribution in [3.63, 3.8) is 0 Å². The van der Waals surface area contributed by atoms with Gasteiger partial charge in [0.2, 0.25) is 15.9 Å². The Bertz CT molecular complexity index is 725. The molecule has 26 heavy (non-hydrogen) atoms. The van der Waals surface area contributed by atoms with Gasteiger partial charge in [-0.3, -0.25) is 4.79 Å². The van der Waals surface area contributed by atoms with E-state index in [1.165, 1.54) is 11.8 Å². The second kappa shape index (κ2) is 8.50. The molecule has 1 aromatic rings. The van der Waals surface area contributed by atoms with Crippen LogP contribution in [-0.2, 0) is 14.8 Å². The van der Waals surface area contributed by atoms with E-state index in [0.717, 1.165) is 17.7 Å². The van der Waals surface area contributed by atoms with Crippen LogP contribution in [0.15, 0.2) is 29.2 Å². The van der Waals surface area contributed by atoms with Gasteiger partial charge >= 0.3 is 0 Å². The summed E-state index contributed by atoms with van der Waals surface area (Å²) in [6, 6.07) is 7.45. The summed E-state index contributed by atoms with van der Waals surface area (Å²) in [7, 11) is -3.21. The van der Waals surface area contributed by atoms with E-state index in [4.69, 9.17) is 11.6 Å². The van der Waals surface area contributed by atoms with Crippen molar-refractivity contribution in [3.8, 4) is 0 Å². The smallest absolute Gasteiger partial charge is 0.235 e. The molecular weight excluding hydrogens is 392 g/mol. The van der Waals surface area contributed by atoms with Gasteiger partial charge in [0.25, 0.3) is 0 Å². The molecule has 0 N–H and O–H groups in total. The Labute approximate surface area is 165 Å². The molecule has 1 unspecified atom stereocenters. The van der Waals surface area contributed by atoms with E-state index in [9.17, 15) is 13.2 Å². The first kappa shape index (κ1) is 20.0. The van der Waals surface area contributed by atoms with Crippen molar-refractivity contribution in [2.45, 2.75) is 48.0 Å². The first-order valence-electron chi connectivity index (χ1n) is 9.08. The summed E-state index contributed by atoms with van der Waals surface area (Å²) in [4.78, 5) is 15.5. The molecule has 8 heteroatoms. The zero-order valence-electron chi connectivity index (χ0n) is 14.9. The molecule has 0 bridgehead atoms. The lowest BCUT2D eigenvalue weighted by Crippen LogP contribution is -2.47. The molecule has 144 valence electrons. The van der Waals surface area contributed by atoms with E-state index in [2.05, 4.69) is 0 Å². The normalized spacial score (nSPS) is 21.1. The van der Waals surface area contributed by atoms with Crippen LogP contribution in [-0.4, -0.2) is 60.2 Å². The van der Waals surface area contributed by atoms with Crippen LogP contribution in [0, 0.1) is 0 Å². The molecule has 1 aromatic carbocycles. The summed E-state index contributed by atoms with van der Waals surface area (Å²) in [6.07, 6.45) is 2.97. The monoisotopic (exact) mass is 416 g/mol. The van der Waals surface area contributed by atoms with Gasteiger partial charge in [-0.2, -0.15) is 0 Å². The number of rotatable bonds is 5. The van der Waals surface area contributed by atoms with Crippen molar-refractivity contribution in [2.75, 3.05) is 26.2 Å². The average molecular weight is 417 g/mol. The van der Waals surface area contributed by atoms with E-state index in [1.54, 1.807) is 4.31 Å². The first-order valence-corrected chi connectivity index (χ1v) is 11.8. The Morgan fingerprint density at radius 2 is 1.69 bits per heavy atom. The van der Waals surface area contributed by atoms with E-state index < -0.39 is 10.0 Å². The van der Waals surface area contributed by atoms with Gasteiger partial charge in [-0.1, -0.05) is 11.6 Å². The van der Waals surface area contributed by atoms with Crippen LogP contribution in [0.4, 0.5) is 0 Å². The molecule has 0 saturated carbocycles. The summed E-state index contributed by atoms with van der Waals surface area (Å²) in [5.74, 6) is 0.0713. The molecule has 1 atom stereocenters. The van der Waals surface area contributed by atoms with Crippen molar-refractivity contribution >= 4 is 39.3 Å². The van der Waals surface area contributed by atoms with Crippen molar-refractivity contribution in [3.05, 3.63) is 29.3 Å². The number of hydrogen-bond donors (Lipinski definition) is 0. The highest BCUT2D eigenvalue weighted by Gasteiger charge is 2.37. The predicted octanol–water partition coefficient (Wildman–Crippen LogP) is 3.24. The minimum atomic E-state index is -3.21. The third kappa shape index (κ3) is 4.55. The highest BCUT2D eigenvalue weighted by Crippen LogP contribution is 2.28. The summed E-state index contributed by atoms with van der Waals surface area (Å²) < 4.78 is 27.0. The Hall–Kier alpha value is -0.760. The molecule has 1 amide bonds. The van der Waals surface area contributed by atoms with Gasteiger partial charge < -0.3 is 4.90 Å². The van der Waals surface area contributed by atoms with Crippen LogP contribution in [0.1, 0.15) is 32.6 Å². The van der Waals surface area contributed by atoms with Crippen LogP contribution in [0.2, 0.25) is 5.02 Å². The molecule has 0 radical (unpaired) electrons. The third-order valence-corrected chi connectivity index (χ3v) is 8.82. The Morgan fingerprint density at radius 3 is 2.27 bits per heavy atom. The number of halogens is 1. The second-order valence-corrected chi connectivity index (χ2v) is 11.0. The molecule has 2 aliphatic heterocycles. The van der Waals surface area contributed by atoms with Crippen molar-refractivity contribution in [1.29, 1.82) is 0 Å². The van der Waals surface area contributed by atoms with E-state index in [1.807, 2.05) is 36.1 Å². The fourth-order valence-electron chi connectivity index (χ4n) is 3.55. The van der Waals surface area contributed by atoms with E-state index in [0.29, 0.717) is 44.0 Å². The number of likely N-dealkylation sites (tertiary alicyclic amines) is 1. The highest BCUT2D eigenvalue weighted by molar-refractivity contribution is 8.00. The van der Waals surface area contributed by atoms with Crippen LogP contribution >= 0.6 is 23.4 Å². The minimum absolute atomic E-state index is 0.0713. The average Bonchev–Trinajstić information content (AvgIpc) is 3.18. The maximum Gasteiger partial charge on any atom is 0.235 e. The Kier molecular flexibility index (Phi) is 6.54. The summed E-state index contributed by atoms with van der Waals surface area (Å²) >= 11 is 7.40. The molecule has 0 spiro atoms. The number of benzene rings is 1. The molecule has 0 aromatic heterocycles. The van der Waals surface area contributed by atoms with E-state index >= 15 is 0 Å². The fraction of sp³-hybridized carbons (Fsp3) is 0.611. The first-order chi connectivity index (χ1) is 12.4. The molecular formula is C18H25ClN2O3S2. The van der Waals surface area contributed by atoms with Gasteiger partial charge in [-0.25, -0.2) is 12.7 Å². The van der Waals surface area contributed by atoms with Crippen molar-refractivity contribution < 1.29 is 13.2 Å². The zero-order valence-corrected chi connectivity index (χ0v) is 17.3. The lowest BCUT2D eigenvalue weighted by Gasteiger charge is -2.34. The second-order valence-electron chi connectivity index (χ2n) is 6.89. The fourth-order valence-corrected chi connectivity index (χ4v) is 6.62. The number of piperidine rings is 1. The summed E-state index contributed by atoms with van der Waals surface area (Å²) in [5.41, 5.74) is 0. The largest absolute Gasteiger partial charge is 0.342 e. The molecule has 3 rings (SSSR count). The lowest BCUT2D eigenvalue weighted by molar-refractivity contribution is -0.131. The number of carbonyl (C=O) groups excluding carboxylic acids is 1. The van der Waals surface area contributed by atoms with Gasteiger partial charge in [0.15, 0.2) is 0 Å². The van der Waals surface area contributed by atoms with Crippen LogP contribution in [0.5, 0.6) is 0 Å².